The van der Waals surface area contributed by atoms with Gasteiger partial charge in [-0.15, -0.1) is 11.3 Å². The molecule has 0 N–H and O–H groups in total. The molecule has 5 heteroatoms. The summed E-state index contributed by atoms with van der Waals surface area (Å²) >= 11 is 1.41. The second-order valence-electron chi connectivity index (χ2n) is 3.27. The zero-order valence-electron chi connectivity index (χ0n) is 9.57. The smallest absolute Gasteiger partial charge is 0.224 e. The van der Waals surface area contributed by atoms with E-state index in [2.05, 4.69) is 4.98 Å². The fraction of sp³-hybridized carbons (Fsp3) is 0.250. The van der Waals surface area contributed by atoms with Crippen LogP contribution < -0.4 is 9.47 Å². The summed E-state index contributed by atoms with van der Waals surface area (Å²) in [5, 5.41) is 2.51. The molecule has 0 spiro atoms. The highest BCUT2D eigenvalue weighted by atomic mass is 32.1. The molecule has 3 nitrogen and oxygen atoms in total. The van der Waals surface area contributed by atoms with Crippen LogP contribution in [0.15, 0.2) is 23.6 Å². The summed E-state index contributed by atoms with van der Waals surface area (Å²) in [6.45, 7) is 2.26. The SMILES string of the molecule is CCOc1ccc(-c2nc(OC)cs2)cc1F. The van der Waals surface area contributed by atoms with Gasteiger partial charge in [-0.2, -0.15) is 0 Å². The van der Waals surface area contributed by atoms with Gasteiger partial charge in [-0.05, 0) is 25.1 Å². The van der Waals surface area contributed by atoms with Gasteiger partial charge in [0.05, 0.1) is 19.1 Å². The number of hydrogen-bond donors (Lipinski definition) is 0. The molecule has 2 rings (SSSR count). The summed E-state index contributed by atoms with van der Waals surface area (Å²) in [4.78, 5) is 4.20. The molecular formula is C12H12FNO2S. The van der Waals surface area contributed by atoms with Gasteiger partial charge in [0.25, 0.3) is 0 Å². The normalized spacial score (nSPS) is 10.3. The molecule has 2 aromatic rings. The topological polar surface area (TPSA) is 31.4 Å². The predicted octanol–water partition coefficient (Wildman–Crippen LogP) is 3.36. The highest BCUT2D eigenvalue weighted by Crippen LogP contribution is 2.29. The molecule has 90 valence electrons. The van der Waals surface area contributed by atoms with Gasteiger partial charge in [0.2, 0.25) is 5.88 Å². The van der Waals surface area contributed by atoms with Crippen LogP contribution in [0.4, 0.5) is 4.39 Å². The molecule has 0 aliphatic carbocycles. The van der Waals surface area contributed by atoms with Crippen LogP contribution in [-0.2, 0) is 0 Å². The quantitative estimate of drug-likeness (QED) is 0.837. The summed E-state index contributed by atoms with van der Waals surface area (Å²) in [7, 11) is 1.55. The minimum Gasteiger partial charge on any atom is -0.491 e. The average Bonchev–Trinajstić information content (AvgIpc) is 2.80. The Labute approximate surface area is 103 Å². The van der Waals surface area contributed by atoms with Gasteiger partial charge in [-0.25, -0.2) is 9.37 Å². The lowest BCUT2D eigenvalue weighted by molar-refractivity contribution is 0.321. The Morgan fingerprint density at radius 2 is 2.24 bits per heavy atom. The van der Waals surface area contributed by atoms with Gasteiger partial charge in [0.15, 0.2) is 11.6 Å². The van der Waals surface area contributed by atoms with Gasteiger partial charge in [0.1, 0.15) is 5.01 Å². The molecular weight excluding hydrogens is 241 g/mol. The van der Waals surface area contributed by atoms with Crippen LogP contribution in [0.2, 0.25) is 0 Å². The van der Waals surface area contributed by atoms with Crippen molar-refractivity contribution in [1.29, 1.82) is 0 Å². The summed E-state index contributed by atoms with van der Waals surface area (Å²) in [5.74, 6) is 0.428. The Morgan fingerprint density at radius 1 is 1.41 bits per heavy atom. The summed E-state index contributed by atoms with van der Waals surface area (Å²) in [5.41, 5.74) is 0.722. The maximum atomic E-state index is 13.6. The van der Waals surface area contributed by atoms with Gasteiger partial charge < -0.3 is 9.47 Å². The molecule has 1 aromatic heterocycles. The highest BCUT2D eigenvalue weighted by molar-refractivity contribution is 7.13. The highest BCUT2D eigenvalue weighted by Gasteiger charge is 2.09. The third kappa shape index (κ3) is 2.55. The molecule has 0 unspecified atom stereocenters. The van der Waals surface area contributed by atoms with Crippen molar-refractivity contribution < 1.29 is 13.9 Å². The van der Waals surface area contributed by atoms with E-state index in [9.17, 15) is 4.39 Å². The number of aromatic nitrogens is 1. The van der Waals surface area contributed by atoms with E-state index in [-0.39, 0.29) is 11.6 Å². The van der Waals surface area contributed by atoms with Crippen molar-refractivity contribution in [2.75, 3.05) is 13.7 Å². The lowest BCUT2D eigenvalue weighted by Crippen LogP contribution is -1.94. The Hall–Kier alpha value is -1.62. The van der Waals surface area contributed by atoms with Gasteiger partial charge >= 0.3 is 0 Å². The lowest BCUT2D eigenvalue weighted by Gasteiger charge is -2.05. The second-order valence-corrected chi connectivity index (χ2v) is 4.13. The van der Waals surface area contributed by atoms with Crippen LogP contribution in [0, 0.1) is 5.82 Å². The first kappa shape index (κ1) is 11.9. The minimum absolute atomic E-state index is 0.264. The average molecular weight is 253 g/mol. The summed E-state index contributed by atoms with van der Waals surface area (Å²) in [6, 6.07) is 4.82. The third-order valence-corrected chi connectivity index (χ3v) is 3.04. The number of hydrogen-bond acceptors (Lipinski definition) is 4. The fourth-order valence-corrected chi connectivity index (χ4v) is 2.16. The van der Waals surface area contributed by atoms with E-state index >= 15 is 0 Å². The number of thiazole rings is 1. The molecule has 0 aliphatic heterocycles. The van der Waals surface area contributed by atoms with Crippen molar-refractivity contribution in [3.05, 3.63) is 29.4 Å². The van der Waals surface area contributed by atoms with E-state index < -0.39 is 0 Å². The van der Waals surface area contributed by atoms with E-state index in [0.29, 0.717) is 12.5 Å². The third-order valence-electron chi connectivity index (χ3n) is 2.17. The maximum Gasteiger partial charge on any atom is 0.224 e. The summed E-state index contributed by atoms with van der Waals surface area (Å²) < 4.78 is 23.8. The molecule has 0 fully saturated rings. The molecule has 1 heterocycles. The Balaban J connectivity index is 2.30. The van der Waals surface area contributed by atoms with Crippen LogP contribution >= 0.6 is 11.3 Å². The van der Waals surface area contributed by atoms with E-state index in [0.717, 1.165) is 10.6 Å². The number of methoxy groups -OCH3 is 1. The van der Waals surface area contributed by atoms with Crippen LogP contribution in [0.1, 0.15) is 6.92 Å². The second kappa shape index (κ2) is 5.14. The fourth-order valence-electron chi connectivity index (χ4n) is 1.39. The molecule has 1 aromatic carbocycles. The van der Waals surface area contributed by atoms with Crippen LogP contribution in [0.3, 0.4) is 0 Å². The molecule has 0 saturated carbocycles. The number of nitrogens with zero attached hydrogens (tertiary/aromatic N) is 1. The minimum atomic E-state index is -0.376. The van der Waals surface area contributed by atoms with E-state index in [1.807, 2.05) is 6.92 Å². The maximum absolute atomic E-state index is 13.6. The molecule has 0 radical (unpaired) electrons. The van der Waals surface area contributed by atoms with Crippen molar-refractivity contribution in [1.82, 2.24) is 4.98 Å². The van der Waals surface area contributed by atoms with Gasteiger partial charge in [-0.3, -0.25) is 0 Å². The van der Waals surface area contributed by atoms with Crippen molar-refractivity contribution in [3.63, 3.8) is 0 Å². The summed E-state index contributed by atoms with van der Waals surface area (Å²) in [6.07, 6.45) is 0. The Morgan fingerprint density at radius 3 is 2.82 bits per heavy atom. The monoisotopic (exact) mass is 253 g/mol. The zero-order chi connectivity index (χ0) is 12.3. The van der Waals surface area contributed by atoms with Crippen molar-refractivity contribution in [2.24, 2.45) is 0 Å². The van der Waals surface area contributed by atoms with Crippen LogP contribution in [0.25, 0.3) is 10.6 Å². The van der Waals surface area contributed by atoms with Crippen LogP contribution in [0.5, 0.6) is 11.6 Å². The van der Waals surface area contributed by atoms with Crippen molar-refractivity contribution in [2.45, 2.75) is 6.92 Å². The zero-order valence-corrected chi connectivity index (χ0v) is 10.4. The number of benzene rings is 1. The molecule has 0 atom stereocenters. The van der Waals surface area contributed by atoms with E-state index in [1.54, 1.807) is 24.6 Å². The largest absolute Gasteiger partial charge is 0.491 e. The van der Waals surface area contributed by atoms with Gasteiger partial charge in [-0.1, -0.05) is 0 Å². The Kier molecular flexibility index (Phi) is 3.58. The van der Waals surface area contributed by atoms with Gasteiger partial charge in [0, 0.05) is 5.56 Å². The lowest BCUT2D eigenvalue weighted by atomic mass is 10.2. The first-order valence-electron chi connectivity index (χ1n) is 5.17. The Bertz CT molecular complexity index is 513. The standard InChI is InChI=1S/C12H12FNO2S/c1-3-16-10-5-4-8(6-9(10)13)12-14-11(15-2)7-17-12/h4-7H,3H2,1-2H3. The molecule has 17 heavy (non-hydrogen) atoms. The first-order valence-corrected chi connectivity index (χ1v) is 6.04. The molecule has 0 saturated heterocycles. The first-order chi connectivity index (χ1) is 8.24. The van der Waals surface area contributed by atoms with Crippen molar-refractivity contribution in [3.8, 4) is 22.2 Å². The number of halogens is 1. The van der Waals surface area contributed by atoms with E-state index in [1.165, 1.54) is 17.4 Å². The predicted molar refractivity (Wildman–Crippen MR) is 65.2 cm³/mol. The number of ether oxygens (including phenoxy) is 2. The van der Waals surface area contributed by atoms with Crippen LogP contribution in [-0.4, -0.2) is 18.7 Å². The number of rotatable bonds is 4. The molecule has 0 bridgehead atoms. The van der Waals surface area contributed by atoms with E-state index in [4.69, 9.17) is 9.47 Å². The van der Waals surface area contributed by atoms with Crippen molar-refractivity contribution >= 4 is 11.3 Å². The molecule has 0 amide bonds. The molecule has 0 aliphatic rings.